The van der Waals surface area contributed by atoms with Gasteiger partial charge in [-0.3, -0.25) is 4.90 Å². The first-order valence-electron chi connectivity index (χ1n) is 7.43. The number of hydrogen-bond acceptors (Lipinski definition) is 3. The zero-order valence-electron chi connectivity index (χ0n) is 12.2. The highest BCUT2D eigenvalue weighted by Gasteiger charge is 2.19. The highest BCUT2D eigenvalue weighted by atomic mass is 16.5. The SMILES string of the molecule is CCOC1CCCN(CCNc2ccccc2C)C1. The zero-order valence-corrected chi connectivity index (χ0v) is 12.2. The van der Waals surface area contributed by atoms with Gasteiger partial charge in [-0.15, -0.1) is 0 Å². The van der Waals surface area contributed by atoms with Crippen LogP contribution in [0.25, 0.3) is 0 Å². The molecule has 1 aromatic carbocycles. The van der Waals surface area contributed by atoms with E-state index in [-0.39, 0.29) is 0 Å². The van der Waals surface area contributed by atoms with Gasteiger partial charge in [0.15, 0.2) is 0 Å². The molecule has 1 saturated heterocycles. The third-order valence-electron chi connectivity index (χ3n) is 3.75. The Hall–Kier alpha value is -1.06. The number of para-hydroxylation sites is 1. The first kappa shape index (κ1) is 14.4. The summed E-state index contributed by atoms with van der Waals surface area (Å²) in [6, 6.07) is 8.46. The first-order valence-corrected chi connectivity index (χ1v) is 7.43. The molecule has 1 unspecified atom stereocenters. The number of anilines is 1. The molecule has 0 bridgehead atoms. The minimum atomic E-state index is 0.442. The summed E-state index contributed by atoms with van der Waals surface area (Å²) < 4.78 is 5.73. The van der Waals surface area contributed by atoms with Crippen molar-refractivity contribution in [3.05, 3.63) is 29.8 Å². The van der Waals surface area contributed by atoms with Gasteiger partial charge in [-0.25, -0.2) is 0 Å². The molecule has 3 heteroatoms. The van der Waals surface area contributed by atoms with Crippen LogP contribution >= 0.6 is 0 Å². The second-order valence-corrected chi connectivity index (χ2v) is 5.26. The molecule has 0 amide bonds. The van der Waals surface area contributed by atoms with Crippen molar-refractivity contribution >= 4 is 5.69 Å². The molecule has 0 radical (unpaired) electrons. The molecule has 0 saturated carbocycles. The maximum atomic E-state index is 5.73. The smallest absolute Gasteiger partial charge is 0.0702 e. The molecule has 1 fully saturated rings. The molecule has 1 aliphatic rings. The number of nitrogens with zero attached hydrogens (tertiary/aromatic N) is 1. The van der Waals surface area contributed by atoms with Gasteiger partial charge >= 0.3 is 0 Å². The minimum absolute atomic E-state index is 0.442. The lowest BCUT2D eigenvalue weighted by atomic mass is 10.1. The van der Waals surface area contributed by atoms with E-state index in [4.69, 9.17) is 4.74 Å². The second kappa shape index (κ2) is 7.51. The van der Waals surface area contributed by atoms with Crippen molar-refractivity contribution in [2.75, 3.05) is 38.1 Å². The Morgan fingerprint density at radius 2 is 2.21 bits per heavy atom. The van der Waals surface area contributed by atoms with Crippen molar-refractivity contribution in [1.29, 1.82) is 0 Å². The van der Waals surface area contributed by atoms with Gasteiger partial charge in [0.1, 0.15) is 0 Å². The number of piperidine rings is 1. The van der Waals surface area contributed by atoms with Crippen LogP contribution in [0.15, 0.2) is 24.3 Å². The van der Waals surface area contributed by atoms with Crippen LogP contribution in [0.4, 0.5) is 5.69 Å². The standard InChI is InChI=1S/C16H26N2O/c1-3-19-15-8-6-11-18(13-15)12-10-17-16-9-5-4-7-14(16)2/h4-5,7,9,15,17H,3,6,8,10-13H2,1-2H3. The maximum absolute atomic E-state index is 5.73. The van der Waals surface area contributed by atoms with Crippen LogP contribution in [0.3, 0.4) is 0 Å². The summed E-state index contributed by atoms with van der Waals surface area (Å²) in [4.78, 5) is 2.51. The summed E-state index contributed by atoms with van der Waals surface area (Å²) in [6.07, 6.45) is 2.92. The predicted octanol–water partition coefficient (Wildman–Crippen LogP) is 2.91. The van der Waals surface area contributed by atoms with E-state index < -0.39 is 0 Å². The van der Waals surface area contributed by atoms with Crippen LogP contribution < -0.4 is 5.32 Å². The van der Waals surface area contributed by atoms with Crippen molar-refractivity contribution in [2.24, 2.45) is 0 Å². The average Bonchev–Trinajstić information content (AvgIpc) is 2.42. The summed E-state index contributed by atoms with van der Waals surface area (Å²) in [5, 5.41) is 3.52. The van der Waals surface area contributed by atoms with Crippen LogP contribution in [0.5, 0.6) is 0 Å². The summed E-state index contributed by atoms with van der Waals surface area (Å²) in [5.41, 5.74) is 2.56. The van der Waals surface area contributed by atoms with Crippen molar-refractivity contribution in [1.82, 2.24) is 4.90 Å². The molecular weight excluding hydrogens is 236 g/mol. The number of hydrogen-bond donors (Lipinski definition) is 1. The Kier molecular flexibility index (Phi) is 5.67. The lowest BCUT2D eigenvalue weighted by Gasteiger charge is -2.32. The van der Waals surface area contributed by atoms with E-state index in [0.29, 0.717) is 6.10 Å². The molecule has 106 valence electrons. The van der Waals surface area contributed by atoms with E-state index in [9.17, 15) is 0 Å². The largest absolute Gasteiger partial charge is 0.384 e. The summed E-state index contributed by atoms with van der Waals surface area (Å²) in [6.45, 7) is 9.46. The van der Waals surface area contributed by atoms with E-state index >= 15 is 0 Å². The van der Waals surface area contributed by atoms with Gasteiger partial charge in [-0.05, 0) is 44.9 Å². The summed E-state index contributed by atoms with van der Waals surface area (Å²) in [7, 11) is 0. The van der Waals surface area contributed by atoms with E-state index in [1.807, 2.05) is 0 Å². The maximum Gasteiger partial charge on any atom is 0.0702 e. The molecule has 2 rings (SSSR count). The Balaban J connectivity index is 1.72. The average molecular weight is 262 g/mol. The fourth-order valence-electron chi connectivity index (χ4n) is 2.71. The summed E-state index contributed by atoms with van der Waals surface area (Å²) in [5.74, 6) is 0. The molecule has 19 heavy (non-hydrogen) atoms. The number of ether oxygens (including phenoxy) is 1. The van der Waals surface area contributed by atoms with Gasteiger partial charge in [-0.2, -0.15) is 0 Å². The van der Waals surface area contributed by atoms with E-state index in [1.54, 1.807) is 0 Å². The fourth-order valence-corrected chi connectivity index (χ4v) is 2.71. The van der Waals surface area contributed by atoms with Gasteiger partial charge in [0.25, 0.3) is 0 Å². The number of aryl methyl sites for hydroxylation is 1. The number of benzene rings is 1. The molecule has 1 atom stereocenters. The monoisotopic (exact) mass is 262 g/mol. The Bertz CT molecular complexity index is 379. The Morgan fingerprint density at radius 3 is 3.00 bits per heavy atom. The van der Waals surface area contributed by atoms with Gasteiger partial charge in [0.05, 0.1) is 6.10 Å². The highest BCUT2D eigenvalue weighted by molar-refractivity contribution is 5.50. The van der Waals surface area contributed by atoms with Crippen molar-refractivity contribution in [3.8, 4) is 0 Å². The number of nitrogens with one attached hydrogen (secondary N) is 1. The first-order chi connectivity index (χ1) is 9.29. The van der Waals surface area contributed by atoms with Crippen molar-refractivity contribution < 1.29 is 4.74 Å². The van der Waals surface area contributed by atoms with Crippen LogP contribution in [0.2, 0.25) is 0 Å². The van der Waals surface area contributed by atoms with Gasteiger partial charge in [0, 0.05) is 31.9 Å². The van der Waals surface area contributed by atoms with Crippen LogP contribution in [0.1, 0.15) is 25.3 Å². The van der Waals surface area contributed by atoms with Crippen molar-refractivity contribution in [3.63, 3.8) is 0 Å². The topological polar surface area (TPSA) is 24.5 Å². The molecule has 1 N–H and O–H groups in total. The molecule has 0 aromatic heterocycles. The van der Waals surface area contributed by atoms with E-state index in [2.05, 4.69) is 48.3 Å². The third-order valence-corrected chi connectivity index (χ3v) is 3.75. The van der Waals surface area contributed by atoms with Crippen molar-refractivity contribution in [2.45, 2.75) is 32.8 Å². The molecule has 0 spiro atoms. The second-order valence-electron chi connectivity index (χ2n) is 5.26. The number of rotatable bonds is 6. The van der Waals surface area contributed by atoms with Crippen LogP contribution in [0, 0.1) is 6.92 Å². The van der Waals surface area contributed by atoms with Gasteiger partial charge < -0.3 is 10.1 Å². The van der Waals surface area contributed by atoms with Crippen LogP contribution in [-0.2, 0) is 4.74 Å². The minimum Gasteiger partial charge on any atom is -0.384 e. The molecule has 0 aliphatic carbocycles. The molecule has 1 aliphatic heterocycles. The Labute approximate surface area is 116 Å². The summed E-state index contributed by atoms with van der Waals surface area (Å²) >= 11 is 0. The van der Waals surface area contributed by atoms with Gasteiger partial charge in [0.2, 0.25) is 0 Å². The van der Waals surface area contributed by atoms with Gasteiger partial charge in [-0.1, -0.05) is 18.2 Å². The molecule has 1 aromatic rings. The molecule has 3 nitrogen and oxygen atoms in total. The zero-order chi connectivity index (χ0) is 13.5. The third kappa shape index (κ3) is 4.51. The predicted molar refractivity (Wildman–Crippen MR) is 80.8 cm³/mol. The van der Waals surface area contributed by atoms with E-state index in [0.717, 1.165) is 26.2 Å². The van der Waals surface area contributed by atoms with Crippen LogP contribution in [-0.4, -0.2) is 43.8 Å². The fraction of sp³-hybridized carbons (Fsp3) is 0.625. The Morgan fingerprint density at radius 1 is 1.37 bits per heavy atom. The highest BCUT2D eigenvalue weighted by Crippen LogP contribution is 2.14. The molecule has 1 heterocycles. The van der Waals surface area contributed by atoms with E-state index in [1.165, 1.54) is 30.6 Å². The lowest BCUT2D eigenvalue weighted by Crippen LogP contribution is -2.41. The lowest BCUT2D eigenvalue weighted by molar-refractivity contribution is 0.00716. The quantitative estimate of drug-likeness (QED) is 0.853. The number of likely N-dealkylation sites (tertiary alicyclic amines) is 1. The molecular formula is C16H26N2O. The normalized spacial score (nSPS) is 20.4.